The minimum absolute atomic E-state index is 0.00988. The van der Waals surface area contributed by atoms with E-state index in [4.69, 9.17) is 5.73 Å². The number of hydrogen-bond acceptors (Lipinski definition) is 4. The number of pyridine rings is 1. The lowest BCUT2D eigenvalue weighted by atomic mass is 9.83. The van der Waals surface area contributed by atoms with E-state index in [0.29, 0.717) is 6.29 Å². The average molecular weight is 460 g/mol. The van der Waals surface area contributed by atoms with E-state index in [9.17, 15) is 22.4 Å². The van der Waals surface area contributed by atoms with Gasteiger partial charge in [0.25, 0.3) is 0 Å². The van der Waals surface area contributed by atoms with Crippen LogP contribution < -0.4 is 10.5 Å². The largest absolute Gasteiger partial charge is 0.435 e. The van der Waals surface area contributed by atoms with Crippen molar-refractivity contribution in [1.82, 2.24) is 9.88 Å². The number of alkyl halides is 2. The van der Waals surface area contributed by atoms with Crippen LogP contribution in [0.4, 0.5) is 17.6 Å². The molecule has 0 aliphatic heterocycles. The fourth-order valence-electron chi connectivity index (χ4n) is 3.15. The van der Waals surface area contributed by atoms with Crippen LogP contribution in [0.15, 0.2) is 65.8 Å². The second-order valence-corrected chi connectivity index (χ2v) is 7.22. The van der Waals surface area contributed by atoms with Crippen LogP contribution >= 0.6 is 0 Å². The maximum atomic E-state index is 14.6. The molecule has 1 aromatic heterocycles. The fourth-order valence-corrected chi connectivity index (χ4v) is 3.15. The number of aldehydes is 1. The number of halogens is 4. The van der Waals surface area contributed by atoms with Gasteiger partial charge in [-0.3, -0.25) is 4.79 Å². The Morgan fingerprint density at radius 2 is 1.76 bits per heavy atom. The molecule has 3 aromatic rings. The number of ether oxygens (including phenoxy) is 1. The van der Waals surface area contributed by atoms with Gasteiger partial charge in [0.05, 0.1) is 0 Å². The Balaban J connectivity index is 2.22. The molecule has 0 amide bonds. The summed E-state index contributed by atoms with van der Waals surface area (Å²) in [7, 11) is 3.24. The predicted molar refractivity (Wildman–Crippen MR) is 115 cm³/mol. The number of guanidine groups is 1. The number of aromatic nitrogens is 1. The molecule has 0 fully saturated rings. The highest BCUT2D eigenvalue weighted by molar-refractivity contribution is 5.85. The van der Waals surface area contributed by atoms with Gasteiger partial charge in [-0.2, -0.15) is 13.2 Å². The van der Waals surface area contributed by atoms with E-state index in [0.717, 1.165) is 18.3 Å². The molecule has 3 rings (SSSR count). The average Bonchev–Trinajstić information content (AvgIpc) is 2.78. The summed E-state index contributed by atoms with van der Waals surface area (Å²) in [5.41, 5.74) is 5.12. The first-order chi connectivity index (χ1) is 15.7. The molecular weight excluding hydrogens is 440 g/mol. The minimum Gasteiger partial charge on any atom is -0.435 e. The molecule has 0 bridgehead atoms. The van der Waals surface area contributed by atoms with Crippen molar-refractivity contribution < 1.29 is 27.1 Å². The van der Waals surface area contributed by atoms with Gasteiger partial charge >= 0.3 is 6.61 Å². The molecule has 1 atom stereocenters. The number of nitrogens with zero attached hydrogens (tertiary/aromatic N) is 3. The Hall–Kier alpha value is -3.95. The smallest absolute Gasteiger partial charge is 0.387 e. The number of aliphatic imine (C=N–C) groups is 1. The number of carbonyl (C=O) groups excluding carboxylic acids is 1. The zero-order chi connectivity index (χ0) is 24.2. The molecule has 10 heteroatoms. The molecular formula is C23H20F4N4O2. The highest BCUT2D eigenvalue weighted by Gasteiger charge is 2.35. The summed E-state index contributed by atoms with van der Waals surface area (Å²) in [6.07, 6.45) is 1.68. The summed E-state index contributed by atoms with van der Waals surface area (Å²) < 4.78 is 57.3. The van der Waals surface area contributed by atoms with E-state index in [1.54, 1.807) is 14.1 Å². The molecule has 0 aliphatic rings. The van der Waals surface area contributed by atoms with Gasteiger partial charge in [-0.05, 0) is 47.5 Å². The van der Waals surface area contributed by atoms with Crippen LogP contribution in [0.25, 0.3) is 11.1 Å². The van der Waals surface area contributed by atoms with Gasteiger partial charge in [-0.1, -0.05) is 18.2 Å². The second-order valence-electron chi connectivity index (χ2n) is 7.22. The topological polar surface area (TPSA) is 80.8 Å². The minimum atomic E-state index is -3.02. The molecule has 0 saturated carbocycles. The van der Waals surface area contributed by atoms with Gasteiger partial charge in [0, 0.05) is 31.4 Å². The Labute approximate surface area is 187 Å². The molecule has 0 aliphatic carbocycles. The molecule has 0 radical (unpaired) electrons. The van der Waals surface area contributed by atoms with E-state index >= 15 is 0 Å². The lowest BCUT2D eigenvalue weighted by Crippen LogP contribution is -2.37. The van der Waals surface area contributed by atoms with Gasteiger partial charge in [0.2, 0.25) is 5.95 Å². The second kappa shape index (κ2) is 9.68. The molecule has 0 spiro atoms. The maximum absolute atomic E-state index is 14.6. The van der Waals surface area contributed by atoms with Gasteiger partial charge < -0.3 is 15.4 Å². The maximum Gasteiger partial charge on any atom is 0.387 e. The highest BCUT2D eigenvalue weighted by atomic mass is 19.3. The van der Waals surface area contributed by atoms with E-state index in [1.165, 1.54) is 47.4 Å². The van der Waals surface area contributed by atoms with E-state index in [1.807, 2.05) is 0 Å². The standard InChI is InChI=1S/C23H20F4N4O2/c1-31(2)22(28)30-23(13-32,15-4-7-17(8-5-15)33-21(26)27)16-6-9-19(24)18(11-16)14-3-10-20(25)29-12-14/h3-13,21H,1-2H3,(H2,28,30). The number of rotatable bonds is 7. The number of hydrogen-bond donors (Lipinski definition) is 1. The number of benzene rings is 2. The van der Waals surface area contributed by atoms with Crippen LogP contribution in [-0.4, -0.2) is 42.8 Å². The van der Waals surface area contributed by atoms with Gasteiger partial charge in [-0.25, -0.2) is 14.4 Å². The van der Waals surface area contributed by atoms with E-state index < -0.39 is 23.9 Å². The summed E-state index contributed by atoms with van der Waals surface area (Å²) >= 11 is 0. The van der Waals surface area contributed by atoms with Crippen molar-refractivity contribution in [2.24, 2.45) is 10.7 Å². The Morgan fingerprint density at radius 1 is 1.09 bits per heavy atom. The van der Waals surface area contributed by atoms with Crippen molar-refractivity contribution in [1.29, 1.82) is 0 Å². The Kier molecular flexibility index (Phi) is 6.95. The monoisotopic (exact) mass is 460 g/mol. The first kappa shape index (κ1) is 23.7. The Bertz CT molecular complexity index is 1150. The number of carbonyl (C=O) groups is 1. The van der Waals surface area contributed by atoms with Crippen LogP contribution in [0.2, 0.25) is 0 Å². The zero-order valence-electron chi connectivity index (χ0n) is 17.7. The molecule has 1 heterocycles. The SMILES string of the molecule is CN(C)C(N)=NC(C=O)(c1ccc(OC(F)F)cc1)c1ccc(F)c(-c2ccc(F)nc2)c1. The quantitative estimate of drug-likeness (QED) is 0.190. The lowest BCUT2D eigenvalue weighted by Gasteiger charge is -2.28. The third-order valence-electron chi connectivity index (χ3n) is 4.88. The van der Waals surface area contributed by atoms with Crippen molar-refractivity contribution in [3.8, 4) is 16.9 Å². The van der Waals surface area contributed by atoms with E-state index in [2.05, 4.69) is 14.7 Å². The predicted octanol–water partition coefficient (Wildman–Crippen LogP) is 3.95. The highest BCUT2D eigenvalue weighted by Crippen LogP contribution is 2.36. The van der Waals surface area contributed by atoms with Crippen molar-refractivity contribution in [2.75, 3.05) is 14.1 Å². The number of nitrogens with two attached hydrogens (primary N) is 1. The summed E-state index contributed by atoms with van der Waals surface area (Å²) in [5, 5.41) is 0. The van der Waals surface area contributed by atoms with Gasteiger partial charge in [-0.15, -0.1) is 0 Å². The van der Waals surface area contributed by atoms with E-state index in [-0.39, 0.29) is 34.0 Å². The molecule has 1 unspecified atom stereocenters. The van der Waals surface area contributed by atoms with Crippen LogP contribution in [0, 0.1) is 11.8 Å². The van der Waals surface area contributed by atoms with Crippen LogP contribution in [0.3, 0.4) is 0 Å². The molecule has 6 nitrogen and oxygen atoms in total. The van der Waals surface area contributed by atoms with Crippen LogP contribution in [-0.2, 0) is 10.3 Å². The van der Waals surface area contributed by atoms with Crippen molar-refractivity contribution in [3.63, 3.8) is 0 Å². The molecule has 0 saturated heterocycles. The van der Waals surface area contributed by atoms with Crippen molar-refractivity contribution in [2.45, 2.75) is 12.2 Å². The first-order valence-electron chi connectivity index (χ1n) is 9.62. The molecule has 33 heavy (non-hydrogen) atoms. The normalized spacial score (nSPS) is 13.5. The summed E-state index contributed by atoms with van der Waals surface area (Å²) in [6.45, 7) is -3.02. The summed E-state index contributed by atoms with van der Waals surface area (Å²) in [4.78, 5) is 22.0. The van der Waals surface area contributed by atoms with Crippen molar-refractivity contribution >= 4 is 12.2 Å². The Morgan fingerprint density at radius 3 is 2.30 bits per heavy atom. The molecule has 2 N–H and O–H groups in total. The molecule has 172 valence electrons. The van der Waals surface area contributed by atoms with Crippen molar-refractivity contribution in [3.05, 3.63) is 83.7 Å². The first-order valence-corrected chi connectivity index (χ1v) is 9.62. The fraction of sp³-hybridized carbons (Fsp3) is 0.174. The summed E-state index contributed by atoms with van der Waals surface area (Å²) in [5.74, 6) is -1.48. The van der Waals surface area contributed by atoms with Gasteiger partial charge in [0.1, 0.15) is 11.6 Å². The van der Waals surface area contributed by atoms with Crippen LogP contribution in [0.5, 0.6) is 5.75 Å². The zero-order valence-corrected chi connectivity index (χ0v) is 17.7. The van der Waals surface area contributed by atoms with Crippen LogP contribution in [0.1, 0.15) is 11.1 Å². The summed E-state index contributed by atoms with van der Waals surface area (Å²) in [6, 6.07) is 11.6. The molecule has 2 aromatic carbocycles. The third kappa shape index (κ3) is 5.11. The van der Waals surface area contributed by atoms with Gasteiger partial charge in [0.15, 0.2) is 17.8 Å². The third-order valence-corrected chi connectivity index (χ3v) is 4.88. The lowest BCUT2D eigenvalue weighted by molar-refractivity contribution is -0.111.